The first kappa shape index (κ1) is 32.6. The summed E-state index contributed by atoms with van der Waals surface area (Å²) in [6.07, 6.45) is 0. The molecule has 0 unspecified atom stereocenters. The largest absolute Gasteiger partial charge is 0.309 e. The van der Waals surface area contributed by atoms with Gasteiger partial charge in [-0.3, -0.25) is 0 Å². The van der Waals surface area contributed by atoms with Crippen LogP contribution in [0.15, 0.2) is 194 Å². The van der Waals surface area contributed by atoms with Crippen LogP contribution in [0.25, 0.3) is 105 Å². The maximum Gasteiger partial charge on any atom is 0.161 e. The molecule has 11 aromatic rings. The Labute approximate surface area is 329 Å². The van der Waals surface area contributed by atoms with Crippen molar-refractivity contribution in [3.8, 4) is 56.8 Å². The first-order valence-electron chi connectivity index (χ1n) is 19.1. The van der Waals surface area contributed by atoms with Crippen LogP contribution in [0.2, 0.25) is 0 Å². The van der Waals surface area contributed by atoms with Gasteiger partial charge in [-0.1, -0.05) is 146 Å². The summed E-state index contributed by atoms with van der Waals surface area (Å²) < 4.78 is 2.32. The molecule has 0 aliphatic heterocycles. The summed E-state index contributed by atoms with van der Waals surface area (Å²) in [5.41, 5.74) is 11.0. The fourth-order valence-electron chi connectivity index (χ4n) is 8.60. The van der Waals surface area contributed by atoms with Gasteiger partial charge >= 0.3 is 0 Å². The van der Waals surface area contributed by atoms with Gasteiger partial charge in [0.15, 0.2) is 5.82 Å². The second-order valence-corrected chi connectivity index (χ2v) is 14.5. The monoisotopic (exact) mass is 724 g/mol. The molecule has 4 nitrogen and oxygen atoms in total. The molecule has 0 radical (unpaired) electrons. The van der Waals surface area contributed by atoms with E-state index in [1.807, 2.05) is 24.3 Å². The molecule has 57 heavy (non-hydrogen) atoms. The van der Waals surface area contributed by atoms with Gasteiger partial charge in [0.1, 0.15) is 0 Å². The van der Waals surface area contributed by atoms with Crippen LogP contribution in [0, 0.1) is 11.3 Å². The Balaban J connectivity index is 1.18. The third-order valence-corrected chi connectivity index (χ3v) is 11.2. The zero-order valence-electron chi connectivity index (χ0n) is 30.8. The SMILES string of the molecule is N#Cc1ccc2c(c1)c1cc(-c3c4ccccc4c(-c4nc(-c5ccccc5)cc(-c5ccccc5)n4)c4ccccc34)ccc1n2-c1ccc2ccccc2c1. The number of hydrogen-bond acceptors (Lipinski definition) is 3. The van der Waals surface area contributed by atoms with Crippen molar-refractivity contribution in [2.45, 2.75) is 0 Å². The topological polar surface area (TPSA) is 54.5 Å². The highest BCUT2D eigenvalue weighted by Gasteiger charge is 2.21. The summed E-state index contributed by atoms with van der Waals surface area (Å²) in [7, 11) is 0. The summed E-state index contributed by atoms with van der Waals surface area (Å²) in [6.45, 7) is 0. The zero-order chi connectivity index (χ0) is 37.9. The smallest absolute Gasteiger partial charge is 0.161 e. The van der Waals surface area contributed by atoms with Crippen LogP contribution in [-0.4, -0.2) is 14.5 Å². The fraction of sp³-hybridized carbons (Fsp3) is 0. The molecule has 0 aliphatic rings. The van der Waals surface area contributed by atoms with E-state index >= 15 is 0 Å². The predicted octanol–water partition coefficient (Wildman–Crippen LogP) is 13.6. The van der Waals surface area contributed by atoms with Gasteiger partial charge in [0, 0.05) is 33.2 Å². The number of hydrogen-bond donors (Lipinski definition) is 0. The summed E-state index contributed by atoms with van der Waals surface area (Å²) >= 11 is 0. The van der Waals surface area contributed by atoms with Crippen LogP contribution < -0.4 is 0 Å². The van der Waals surface area contributed by atoms with Gasteiger partial charge in [-0.2, -0.15) is 5.26 Å². The van der Waals surface area contributed by atoms with Gasteiger partial charge < -0.3 is 4.57 Å². The van der Waals surface area contributed by atoms with E-state index in [0.29, 0.717) is 11.4 Å². The van der Waals surface area contributed by atoms with E-state index in [0.717, 1.165) is 88.2 Å². The predicted molar refractivity (Wildman–Crippen MR) is 235 cm³/mol. The molecule has 0 fully saturated rings. The van der Waals surface area contributed by atoms with E-state index < -0.39 is 0 Å². The Morgan fingerprint density at radius 1 is 0.386 bits per heavy atom. The van der Waals surface area contributed by atoms with Crippen molar-refractivity contribution in [1.29, 1.82) is 5.26 Å². The molecule has 0 N–H and O–H groups in total. The molecule has 4 heteroatoms. The molecule has 2 heterocycles. The van der Waals surface area contributed by atoms with E-state index in [1.165, 1.54) is 10.8 Å². The van der Waals surface area contributed by atoms with Crippen molar-refractivity contribution >= 4 is 54.1 Å². The Morgan fingerprint density at radius 2 is 0.912 bits per heavy atom. The summed E-state index contributed by atoms with van der Waals surface area (Å²) in [6, 6.07) is 70.3. The number of benzene rings is 9. The molecule has 0 amide bonds. The van der Waals surface area contributed by atoms with E-state index in [1.54, 1.807) is 0 Å². The maximum absolute atomic E-state index is 10.00. The van der Waals surface area contributed by atoms with Gasteiger partial charge in [-0.25, -0.2) is 9.97 Å². The van der Waals surface area contributed by atoms with E-state index in [9.17, 15) is 5.26 Å². The van der Waals surface area contributed by atoms with Crippen LogP contribution in [-0.2, 0) is 0 Å². The first-order valence-corrected chi connectivity index (χ1v) is 19.1. The number of aromatic nitrogens is 3. The van der Waals surface area contributed by atoms with Crippen molar-refractivity contribution in [2.24, 2.45) is 0 Å². The lowest BCUT2D eigenvalue weighted by molar-refractivity contribution is 1.19. The average molecular weight is 725 g/mol. The van der Waals surface area contributed by atoms with Crippen molar-refractivity contribution in [1.82, 2.24) is 14.5 Å². The van der Waals surface area contributed by atoms with Crippen molar-refractivity contribution in [3.63, 3.8) is 0 Å². The van der Waals surface area contributed by atoms with Gasteiger partial charge in [0.2, 0.25) is 0 Å². The lowest BCUT2D eigenvalue weighted by Gasteiger charge is -2.18. The molecule has 0 bridgehead atoms. The molecule has 0 aliphatic carbocycles. The number of nitriles is 1. The van der Waals surface area contributed by atoms with Gasteiger partial charge in [-0.05, 0) is 92.0 Å². The standard InChI is InChI=1S/C53H32N4/c54-33-34-23-27-49-45(29-34)46-31-39(25-28-50(46)57(49)40-26-24-35-13-7-8-18-38(35)30-40)51-41-19-9-11-21-43(41)52(44-22-12-10-20-42(44)51)53-55-47(36-14-3-1-4-15-36)32-48(56-53)37-16-5-2-6-17-37/h1-32H. The highest BCUT2D eigenvalue weighted by Crippen LogP contribution is 2.45. The fourth-order valence-corrected chi connectivity index (χ4v) is 8.60. The average Bonchev–Trinajstić information content (AvgIpc) is 3.61. The molecular weight excluding hydrogens is 693 g/mol. The lowest BCUT2D eigenvalue weighted by atomic mass is 9.87. The van der Waals surface area contributed by atoms with Crippen LogP contribution in [0.5, 0.6) is 0 Å². The van der Waals surface area contributed by atoms with Crippen LogP contribution in [0.1, 0.15) is 5.56 Å². The van der Waals surface area contributed by atoms with Crippen LogP contribution in [0.3, 0.4) is 0 Å². The van der Waals surface area contributed by atoms with Gasteiger partial charge in [0.05, 0.1) is 34.1 Å². The highest BCUT2D eigenvalue weighted by atomic mass is 15.0. The van der Waals surface area contributed by atoms with Crippen molar-refractivity contribution < 1.29 is 0 Å². The molecule has 2 aromatic heterocycles. The highest BCUT2D eigenvalue weighted by molar-refractivity contribution is 6.22. The second kappa shape index (κ2) is 13.2. The van der Waals surface area contributed by atoms with E-state index in [-0.39, 0.29) is 0 Å². The molecule has 0 atom stereocenters. The Bertz CT molecular complexity index is 3300. The molecule has 264 valence electrons. The van der Waals surface area contributed by atoms with E-state index in [2.05, 4.69) is 180 Å². The molecular formula is C53H32N4. The lowest BCUT2D eigenvalue weighted by Crippen LogP contribution is -1.98. The minimum absolute atomic E-state index is 0.637. The van der Waals surface area contributed by atoms with Crippen LogP contribution >= 0.6 is 0 Å². The normalized spacial score (nSPS) is 11.5. The molecule has 0 saturated carbocycles. The summed E-state index contributed by atoms with van der Waals surface area (Å²) in [5, 5.41) is 18.9. The maximum atomic E-state index is 10.00. The van der Waals surface area contributed by atoms with Gasteiger partial charge in [0.25, 0.3) is 0 Å². The number of nitrogens with zero attached hydrogens (tertiary/aromatic N) is 4. The van der Waals surface area contributed by atoms with Gasteiger partial charge in [-0.15, -0.1) is 0 Å². The first-order chi connectivity index (χ1) is 28.2. The Kier molecular flexibility index (Phi) is 7.52. The summed E-state index contributed by atoms with van der Waals surface area (Å²) in [5.74, 6) is 0.687. The molecule has 0 saturated heterocycles. The zero-order valence-corrected chi connectivity index (χ0v) is 30.8. The van der Waals surface area contributed by atoms with Crippen molar-refractivity contribution in [3.05, 3.63) is 200 Å². The molecule has 0 spiro atoms. The third-order valence-electron chi connectivity index (χ3n) is 11.2. The molecule has 11 rings (SSSR count). The Morgan fingerprint density at radius 3 is 1.53 bits per heavy atom. The quantitative estimate of drug-likeness (QED) is 0.166. The summed E-state index contributed by atoms with van der Waals surface area (Å²) in [4.78, 5) is 10.6. The van der Waals surface area contributed by atoms with Crippen molar-refractivity contribution in [2.75, 3.05) is 0 Å². The minimum Gasteiger partial charge on any atom is -0.309 e. The Hall–Kier alpha value is -7.87. The third kappa shape index (κ3) is 5.37. The minimum atomic E-state index is 0.637. The van der Waals surface area contributed by atoms with E-state index in [4.69, 9.17) is 9.97 Å². The molecule has 9 aromatic carbocycles. The van der Waals surface area contributed by atoms with Crippen LogP contribution in [0.4, 0.5) is 0 Å². The number of fused-ring (bicyclic) bond motifs is 6. The second-order valence-electron chi connectivity index (χ2n) is 14.5. The number of rotatable bonds is 5.